The lowest BCUT2D eigenvalue weighted by molar-refractivity contribution is -0.143. The zero-order chi connectivity index (χ0) is 33.1. The lowest BCUT2D eigenvalue weighted by Crippen LogP contribution is -2.48. The summed E-state index contributed by atoms with van der Waals surface area (Å²) < 4.78 is 46.2. The Morgan fingerprint density at radius 2 is 1.66 bits per heavy atom. The quantitative estimate of drug-likeness (QED) is 0.289. The third-order valence-electron chi connectivity index (χ3n) is 10.7. The molecule has 11 heteroatoms. The molecule has 2 aromatic carbocycles. The molecule has 0 spiro atoms. The van der Waals surface area contributed by atoms with Crippen molar-refractivity contribution in [3.05, 3.63) is 65.9 Å². The van der Waals surface area contributed by atoms with Crippen molar-refractivity contribution >= 4 is 38.6 Å². The summed E-state index contributed by atoms with van der Waals surface area (Å²) in [5, 5.41) is 0.573. The molecular weight excluding hydrogens is 621 g/mol. The number of rotatable bonds is 10. The van der Waals surface area contributed by atoms with Crippen LogP contribution < -0.4 is 10.5 Å². The first-order chi connectivity index (χ1) is 22.6. The van der Waals surface area contributed by atoms with E-state index in [2.05, 4.69) is 0 Å². The fraction of sp³-hybridized carbons (Fsp3) is 0.528. The van der Waals surface area contributed by atoms with Gasteiger partial charge in [0, 0.05) is 30.3 Å². The molecule has 3 aliphatic rings. The number of benzene rings is 2. The smallest absolute Gasteiger partial charge is 0.300 e. The number of fused-ring (bicyclic) bond motifs is 1. The average molecular weight is 666 g/mol. The lowest BCUT2D eigenvalue weighted by Gasteiger charge is -2.37. The highest BCUT2D eigenvalue weighted by Crippen LogP contribution is 2.41. The fourth-order valence-corrected chi connectivity index (χ4v) is 9.12. The van der Waals surface area contributed by atoms with Crippen molar-refractivity contribution in [1.29, 1.82) is 0 Å². The van der Waals surface area contributed by atoms with Crippen LogP contribution in [0.3, 0.4) is 0 Å². The summed E-state index contributed by atoms with van der Waals surface area (Å²) in [5.41, 5.74) is 7.08. The van der Waals surface area contributed by atoms with Gasteiger partial charge >= 0.3 is 5.91 Å². The van der Waals surface area contributed by atoms with Crippen molar-refractivity contribution in [2.24, 2.45) is 29.4 Å². The third kappa shape index (κ3) is 7.31. The van der Waals surface area contributed by atoms with Crippen molar-refractivity contribution in [2.75, 3.05) is 13.2 Å². The van der Waals surface area contributed by atoms with E-state index in [-0.39, 0.29) is 46.5 Å². The van der Waals surface area contributed by atoms with Crippen LogP contribution in [0.5, 0.6) is 0 Å². The van der Waals surface area contributed by atoms with E-state index in [1.165, 1.54) is 24.6 Å². The van der Waals surface area contributed by atoms with Crippen LogP contribution in [0, 0.1) is 23.7 Å². The SMILES string of the molecule is N[C@H](CF)C1CCC(C(=O)N2CC[C@@H](C3CCCCC3)[C@H]2C(=O)Cc2ccc3oc(C(=O)NS(=O)(=O)c4ccccc4)cc3c2)CC1. The second kappa shape index (κ2) is 14.3. The van der Waals surface area contributed by atoms with Crippen LogP contribution >= 0.6 is 0 Å². The standard InChI is InChI=1S/C36H44FN3O6S/c37-22-30(38)25-12-14-26(15-13-25)36(43)40-18-17-29(24-7-3-1-4-8-24)34(40)31(41)20-23-11-16-32-27(19-23)21-33(46-32)35(42)39-47(44,45)28-9-5-2-6-10-28/h2,5-6,9-11,16,19,21,24-26,29-30,34H,1,3-4,7-8,12-15,17-18,20,22,38H2,(H,39,42)/t25?,26?,29-,30+,34-/m0/s1. The van der Waals surface area contributed by atoms with Gasteiger partial charge < -0.3 is 15.1 Å². The first kappa shape index (κ1) is 33.3. The molecule has 0 unspecified atom stereocenters. The van der Waals surface area contributed by atoms with E-state index in [0.29, 0.717) is 36.3 Å². The largest absolute Gasteiger partial charge is 0.451 e. The molecule has 2 heterocycles. The Bertz CT molecular complexity index is 1700. The van der Waals surface area contributed by atoms with Crippen molar-refractivity contribution in [3.63, 3.8) is 0 Å². The third-order valence-corrected chi connectivity index (χ3v) is 12.0. The number of sulfonamides is 1. The molecule has 0 bridgehead atoms. The number of nitrogens with two attached hydrogens (primary N) is 1. The minimum atomic E-state index is -4.08. The molecule has 252 valence electrons. The Morgan fingerprint density at radius 3 is 2.36 bits per heavy atom. The van der Waals surface area contributed by atoms with E-state index in [0.717, 1.165) is 50.5 Å². The van der Waals surface area contributed by atoms with E-state index >= 15 is 0 Å². The number of amides is 2. The van der Waals surface area contributed by atoms with Crippen LogP contribution in [0.4, 0.5) is 4.39 Å². The minimum Gasteiger partial charge on any atom is -0.451 e. The predicted octanol–water partition coefficient (Wildman–Crippen LogP) is 5.56. The predicted molar refractivity (Wildman–Crippen MR) is 176 cm³/mol. The van der Waals surface area contributed by atoms with Gasteiger partial charge in [-0.15, -0.1) is 0 Å². The van der Waals surface area contributed by atoms with Crippen molar-refractivity contribution in [2.45, 2.75) is 87.6 Å². The maximum atomic E-state index is 14.2. The van der Waals surface area contributed by atoms with Gasteiger partial charge in [-0.1, -0.05) is 56.4 Å². The van der Waals surface area contributed by atoms with E-state index < -0.39 is 34.7 Å². The summed E-state index contributed by atoms with van der Waals surface area (Å²) in [4.78, 5) is 42.8. The van der Waals surface area contributed by atoms with Gasteiger partial charge in [-0.2, -0.15) is 0 Å². The van der Waals surface area contributed by atoms with Crippen molar-refractivity contribution in [3.8, 4) is 0 Å². The number of nitrogens with one attached hydrogen (secondary N) is 1. The average Bonchev–Trinajstić information content (AvgIpc) is 3.73. The molecule has 1 aromatic heterocycles. The first-order valence-electron chi connectivity index (χ1n) is 16.9. The van der Waals surface area contributed by atoms with Crippen LogP contribution in [-0.4, -0.2) is 56.2 Å². The zero-order valence-corrected chi connectivity index (χ0v) is 27.4. The number of hydrogen-bond acceptors (Lipinski definition) is 7. The monoisotopic (exact) mass is 665 g/mol. The van der Waals surface area contributed by atoms with Gasteiger partial charge in [-0.05, 0) is 85.8 Å². The van der Waals surface area contributed by atoms with Gasteiger partial charge in [0.25, 0.3) is 10.0 Å². The van der Waals surface area contributed by atoms with E-state index in [1.807, 2.05) is 9.62 Å². The van der Waals surface area contributed by atoms with Gasteiger partial charge in [0.1, 0.15) is 12.3 Å². The Balaban J connectivity index is 1.18. The molecule has 2 amide bonds. The Labute approximate surface area is 275 Å². The highest BCUT2D eigenvalue weighted by atomic mass is 32.2. The van der Waals surface area contributed by atoms with Crippen LogP contribution in [-0.2, 0) is 26.0 Å². The number of hydrogen-bond donors (Lipinski definition) is 2. The second-order valence-corrected chi connectivity index (χ2v) is 15.3. The molecule has 1 aliphatic heterocycles. The number of alkyl halides is 1. The number of nitrogens with zero attached hydrogens (tertiary/aromatic N) is 1. The second-order valence-electron chi connectivity index (χ2n) is 13.6. The number of carbonyl (C=O) groups excluding carboxylic acids is 3. The molecule has 47 heavy (non-hydrogen) atoms. The van der Waals surface area contributed by atoms with E-state index in [1.54, 1.807) is 36.4 Å². The summed E-state index contributed by atoms with van der Waals surface area (Å²) >= 11 is 0. The fourth-order valence-electron chi connectivity index (χ4n) is 8.14. The summed E-state index contributed by atoms with van der Waals surface area (Å²) in [6.07, 6.45) is 9.39. The normalized spacial score (nSPS) is 24.7. The summed E-state index contributed by atoms with van der Waals surface area (Å²) in [6, 6.07) is 13.3. The Hall–Kier alpha value is -3.57. The van der Waals surface area contributed by atoms with Crippen molar-refractivity contribution < 1.29 is 31.6 Å². The maximum Gasteiger partial charge on any atom is 0.300 e. The van der Waals surface area contributed by atoms with Crippen molar-refractivity contribution in [1.82, 2.24) is 9.62 Å². The van der Waals surface area contributed by atoms with Gasteiger partial charge in [0.05, 0.1) is 10.9 Å². The molecule has 6 rings (SSSR count). The summed E-state index contributed by atoms with van der Waals surface area (Å²) in [7, 11) is -4.08. The number of carbonyl (C=O) groups is 3. The molecule has 3 fully saturated rings. The summed E-state index contributed by atoms with van der Waals surface area (Å²) in [5.74, 6) is -0.534. The Kier molecular flexibility index (Phi) is 10.1. The molecule has 1 saturated heterocycles. The Morgan fingerprint density at radius 1 is 0.936 bits per heavy atom. The molecule has 3 atom stereocenters. The minimum absolute atomic E-state index is 0.00864. The zero-order valence-electron chi connectivity index (χ0n) is 26.6. The summed E-state index contributed by atoms with van der Waals surface area (Å²) in [6.45, 7) is 0.0236. The van der Waals surface area contributed by atoms with Crippen LogP contribution in [0.1, 0.15) is 80.3 Å². The number of halogens is 1. The lowest BCUT2D eigenvalue weighted by atomic mass is 9.75. The van der Waals surface area contributed by atoms with Crippen LogP contribution in [0.25, 0.3) is 11.0 Å². The molecule has 3 N–H and O–H groups in total. The van der Waals surface area contributed by atoms with E-state index in [9.17, 15) is 27.2 Å². The first-order valence-corrected chi connectivity index (χ1v) is 18.4. The molecule has 2 aliphatic carbocycles. The number of furan rings is 1. The van der Waals surface area contributed by atoms with Crippen LogP contribution in [0.2, 0.25) is 0 Å². The van der Waals surface area contributed by atoms with E-state index in [4.69, 9.17) is 10.2 Å². The van der Waals surface area contributed by atoms with Gasteiger partial charge in [0.2, 0.25) is 5.91 Å². The number of ketones is 1. The highest BCUT2D eigenvalue weighted by molar-refractivity contribution is 7.90. The number of likely N-dealkylation sites (tertiary alicyclic amines) is 1. The highest BCUT2D eigenvalue weighted by Gasteiger charge is 2.46. The molecule has 2 saturated carbocycles. The van der Waals surface area contributed by atoms with Gasteiger partial charge in [-0.3, -0.25) is 14.4 Å². The number of Topliss-reactive ketones (excluding diaryl/α,β-unsaturated/α-hetero) is 1. The van der Waals surface area contributed by atoms with Crippen LogP contribution in [0.15, 0.2) is 63.9 Å². The van der Waals surface area contributed by atoms with Gasteiger partial charge in [-0.25, -0.2) is 17.5 Å². The molecular formula is C36H44FN3O6S. The van der Waals surface area contributed by atoms with Gasteiger partial charge in [0.15, 0.2) is 11.5 Å². The molecule has 9 nitrogen and oxygen atoms in total. The topological polar surface area (TPSA) is 140 Å². The molecule has 0 radical (unpaired) electrons. The molecule has 3 aromatic rings. The maximum absolute atomic E-state index is 14.2.